The summed E-state index contributed by atoms with van der Waals surface area (Å²) in [4.78, 5) is 15.8. The third-order valence-corrected chi connectivity index (χ3v) is 5.22. The van der Waals surface area contributed by atoms with Crippen molar-refractivity contribution in [3.8, 4) is 11.3 Å². The topological polar surface area (TPSA) is 50.2 Å². The van der Waals surface area contributed by atoms with Crippen LogP contribution in [0.2, 0.25) is 0 Å². The Morgan fingerprint density at radius 2 is 2.24 bits per heavy atom. The van der Waals surface area contributed by atoms with Crippen LogP contribution in [0, 0.1) is 5.92 Å². The fourth-order valence-corrected chi connectivity index (χ4v) is 4.06. The first-order valence-corrected chi connectivity index (χ1v) is 8.30. The maximum atomic E-state index is 11.1. The second-order valence-corrected chi connectivity index (χ2v) is 6.82. The van der Waals surface area contributed by atoms with Crippen LogP contribution < -0.4 is 0 Å². The molecule has 2 atom stereocenters. The standard InChI is InChI=1S/C17H19NO2S/c1-11-4-2-6-13(8-11)16-18-15(10-21-16)12-5-3-7-14(9-12)17(19)20/h3,5,7,9-11,13H,2,4,6,8H2,1H3,(H,19,20). The van der Waals surface area contributed by atoms with E-state index in [0.29, 0.717) is 11.5 Å². The van der Waals surface area contributed by atoms with Crippen LogP contribution in [0.5, 0.6) is 0 Å². The molecule has 1 aliphatic carbocycles. The van der Waals surface area contributed by atoms with Crippen molar-refractivity contribution in [2.45, 2.75) is 38.5 Å². The minimum absolute atomic E-state index is 0.313. The molecule has 1 heterocycles. The van der Waals surface area contributed by atoms with Crippen LogP contribution in [0.3, 0.4) is 0 Å². The molecule has 21 heavy (non-hydrogen) atoms. The number of aromatic nitrogens is 1. The Kier molecular flexibility index (Phi) is 4.06. The van der Waals surface area contributed by atoms with Crippen molar-refractivity contribution in [1.82, 2.24) is 4.98 Å². The van der Waals surface area contributed by atoms with Gasteiger partial charge in [0.25, 0.3) is 0 Å². The van der Waals surface area contributed by atoms with Crippen LogP contribution in [-0.4, -0.2) is 16.1 Å². The molecule has 4 heteroatoms. The molecule has 0 bridgehead atoms. The number of aromatic carboxylic acids is 1. The molecule has 1 saturated carbocycles. The summed E-state index contributed by atoms with van der Waals surface area (Å²) in [6, 6.07) is 7.02. The van der Waals surface area contributed by atoms with Gasteiger partial charge < -0.3 is 5.11 Å². The SMILES string of the molecule is CC1CCCC(c2nc(-c3cccc(C(=O)O)c3)cs2)C1. The van der Waals surface area contributed by atoms with Gasteiger partial charge in [-0.3, -0.25) is 0 Å². The predicted molar refractivity (Wildman–Crippen MR) is 84.9 cm³/mol. The Labute approximate surface area is 128 Å². The number of hydrogen-bond donors (Lipinski definition) is 1. The van der Waals surface area contributed by atoms with Gasteiger partial charge in [-0.25, -0.2) is 9.78 Å². The van der Waals surface area contributed by atoms with Crippen molar-refractivity contribution < 1.29 is 9.90 Å². The first-order valence-electron chi connectivity index (χ1n) is 7.42. The predicted octanol–water partition coefficient (Wildman–Crippen LogP) is 4.80. The Balaban J connectivity index is 1.84. The minimum Gasteiger partial charge on any atom is -0.478 e. The van der Waals surface area contributed by atoms with Crippen LogP contribution in [-0.2, 0) is 0 Å². The molecule has 0 amide bonds. The smallest absolute Gasteiger partial charge is 0.335 e. The first kappa shape index (κ1) is 14.3. The van der Waals surface area contributed by atoms with Gasteiger partial charge in [-0.05, 0) is 30.9 Å². The lowest BCUT2D eigenvalue weighted by Crippen LogP contribution is -2.11. The molecule has 3 rings (SSSR count). The van der Waals surface area contributed by atoms with Crippen molar-refractivity contribution in [3.05, 3.63) is 40.2 Å². The maximum absolute atomic E-state index is 11.1. The molecule has 1 aliphatic rings. The van der Waals surface area contributed by atoms with Crippen LogP contribution in [0.1, 0.15) is 53.9 Å². The molecule has 0 radical (unpaired) electrons. The molecule has 1 N–H and O–H groups in total. The summed E-state index contributed by atoms with van der Waals surface area (Å²) >= 11 is 1.71. The number of rotatable bonds is 3. The van der Waals surface area contributed by atoms with E-state index in [-0.39, 0.29) is 0 Å². The molecule has 2 unspecified atom stereocenters. The van der Waals surface area contributed by atoms with E-state index in [1.165, 1.54) is 30.7 Å². The van der Waals surface area contributed by atoms with E-state index in [1.807, 2.05) is 6.07 Å². The fraction of sp³-hybridized carbons (Fsp3) is 0.412. The second kappa shape index (κ2) is 5.98. The monoisotopic (exact) mass is 301 g/mol. The maximum Gasteiger partial charge on any atom is 0.335 e. The van der Waals surface area contributed by atoms with E-state index in [4.69, 9.17) is 10.1 Å². The molecule has 1 aromatic heterocycles. The number of carboxylic acid groups (broad SMARTS) is 1. The van der Waals surface area contributed by atoms with Gasteiger partial charge in [-0.1, -0.05) is 31.9 Å². The van der Waals surface area contributed by atoms with E-state index in [9.17, 15) is 4.79 Å². The van der Waals surface area contributed by atoms with Gasteiger partial charge in [0.2, 0.25) is 0 Å². The summed E-state index contributed by atoms with van der Waals surface area (Å²) in [6.07, 6.45) is 5.07. The third kappa shape index (κ3) is 3.16. The molecular weight excluding hydrogens is 282 g/mol. The second-order valence-electron chi connectivity index (χ2n) is 5.93. The molecule has 0 aliphatic heterocycles. The minimum atomic E-state index is -0.895. The molecule has 1 aromatic carbocycles. The highest BCUT2D eigenvalue weighted by Crippen LogP contribution is 2.38. The zero-order valence-corrected chi connectivity index (χ0v) is 12.9. The summed E-state index contributed by atoms with van der Waals surface area (Å²) in [7, 11) is 0. The van der Waals surface area contributed by atoms with Crippen LogP contribution in [0.25, 0.3) is 11.3 Å². The summed E-state index contributed by atoms with van der Waals surface area (Å²) in [5.41, 5.74) is 2.10. The molecule has 3 nitrogen and oxygen atoms in total. The summed E-state index contributed by atoms with van der Waals surface area (Å²) < 4.78 is 0. The van der Waals surface area contributed by atoms with Crippen molar-refractivity contribution >= 4 is 17.3 Å². The van der Waals surface area contributed by atoms with Crippen molar-refractivity contribution in [2.24, 2.45) is 5.92 Å². The number of hydrogen-bond acceptors (Lipinski definition) is 3. The third-order valence-electron chi connectivity index (χ3n) is 4.21. The number of carbonyl (C=O) groups is 1. The molecule has 0 saturated heterocycles. The van der Waals surface area contributed by atoms with Crippen molar-refractivity contribution in [3.63, 3.8) is 0 Å². The summed E-state index contributed by atoms with van der Waals surface area (Å²) in [6.45, 7) is 2.32. The van der Waals surface area contributed by atoms with E-state index >= 15 is 0 Å². The summed E-state index contributed by atoms with van der Waals surface area (Å²) in [5.74, 6) is 0.468. The summed E-state index contributed by atoms with van der Waals surface area (Å²) in [5, 5.41) is 12.3. The van der Waals surface area contributed by atoms with Gasteiger partial charge in [-0.15, -0.1) is 11.3 Å². The van der Waals surface area contributed by atoms with Crippen LogP contribution in [0.4, 0.5) is 0 Å². The lowest BCUT2D eigenvalue weighted by Gasteiger charge is -2.24. The van der Waals surface area contributed by atoms with Gasteiger partial charge in [0.1, 0.15) is 0 Å². The van der Waals surface area contributed by atoms with Gasteiger partial charge in [0.15, 0.2) is 0 Å². The Morgan fingerprint density at radius 3 is 3.00 bits per heavy atom. The molecular formula is C17H19NO2S. The largest absolute Gasteiger partial charge is 0.478 e. The van der Waals surface area contributed by atoms with Gasteiger partial charge in [0, 0.05) is 16.9 Å². The zero-order chi connectivity index (χ0) is 14.8. The average Bonchev–Trinajstić information content (AvgIpc) is 2.97. The number of thiazole rings is 1. The van der Waals surface area contributed by atoms with Gasteiger partial charge in [0.05, 0.1) is 16.3 Å². The van der Waals surface area contributed by atoms with Gasteiger partial charge in [-0.2, -0.15) is 0 Å². The Morgan fingerprint density at radius 1 is 1.38 bits per heavy atom. The molecule has 1 fully saturated rings. The van der Waals surface area contributed by atoms with E-state index in [2.05, 4.69) is 12.3 Å². The fourth-order valence-electron chi connectivity index (χ4n) is 3.08. The Hall–Kier alpha value is -1.68. The lowest BCUT2D eigenvalue weighted by atomic mass is 9.83. The average molecular weight is 301 g/mol. The first-order chi connectivity index (χ1) is 10.1. The highest BCUT2D eigenvalue weighted by atomic mass is 32.1. The van der Waals surface area contributed by atoms with Crippen molar-refractivity contribution in [2.75, 3.05) is 0 Å². The molecule has 0 spiro atoms. The quantitative estimate of drug-likeness (QED) is 0.885. The van der Waals surface area contributed by atoms with Crippen LogP contribution >= 0.6 is 11.3 Å². The zero-order valence-electron chi connectivity index (χ0n) is 12.1. The normalized spacial score (nSPS) is 22.1. The highest BCUT2D eigenvalue weighted by Gasteiger charge is 2.23. The number of carboxylic acids is 1. The molecule has 2 aromatic rings. The van der Waals surface area contributed by atoms with Gasteiger partial charge >= 0.3 is 5.97 Å². The Bertz CT molecular complexity index is 650. The molecule has 110 valence electrons. The highest BCUT2D eigenvalue weighted by molar-refractivity contribution is 7.10. The van der Waals surface area contributed by atoms with E-state index in [1.54, 1.807) is 29.5 Å². The van der Waals surface area contributed by atoms with Crippen molar-refractivity contribution in [1.29, 1.82) is 0 Å². The van der Waals surface area contributed by atoms with E-state index < -0.39 is 5.97 Å². The lowest BCUT2D eigenvalue weighted by molar-refractivity contribution is 0.0697. The van der Waals surface area contributed by atoms with Crippen LogP contribution in [0.15, 0.2) is 29.6 Å². The van der Waals surface area contributed by atoms with E-state index in [0.717, 1.165) is 17.2 Å². The number of benzene rings is 1. The number of nitrogens with zero attached hydrogens (tertiary/aromatic N) is 1.